The van der Waals surface area contributed by atoms with Gasteiger partial charge in [-0.2, -0.15) is 5.26 Å². The molecule has 10 heavy (non-hydrogen) atoms. The minimum Gasteiger partial charge on any atom is -0.334 e. The molecule has 0 spiro atoms. The van der Waals surface area contributed by atoms with Crippen molar-refractivity contribution in [3.05, 3.63) is 18.2 Å². The Labute approximate surface area is 58.9 Å². The Morgan fingerprint density at radius 3 is 3.50 bits per heavy atom. The van der Waals surface area contributed by atoms with E-state index in [0.29, 0.717) is 0 Å². The van der Waals surface area contributed by atoms with Crippen LogP contribution in [0.25, 0.3) is 0 Å². The van der Waals surface area contributed by atoms with E-state index in [4.69, 9.17) is 5.26 Å². The van der Waals surface area contributed by atoms with Crippen molar-refractivity contribution in [2.75, 3.05) is 0 Å². The number of aromatic nitrogens is 2. The molecule has 0 fully saturated rings. The van der Waals surface area contributed by atoms with Crippen LogP contribution in [-0.2, 0) is 6.54 Å². The summed E-state index contributed by atoms with van der Waals surface area (Å²) in [6, 6.07) is 2.22. The molecule has 1 aliphatic rings. The Morgan fingerprint density at radius 2 is 2.70 bits per heavy atom. The van der Waals surface area contributed by atoms with Crippen molar-refractivity contribution in [3.63, 3.8) is 0 Å². The van der Waals surface area contributed by atoms with E-state index in [0.717, 1.165) is 18.8 Å². The summed E-state index contributed by atoms with van der Waals surface area (Å²) in [5, 5.41) is 8.63. The molecule has 50 valence electrons. The van der Waals surface area contributed by atoms with Crippen LogP contribution in [0.3, 0.4) is 0 Å². The third-order valence-electron chi connectivity index (χ3n) is 1.87. The first-order valence-corrected chi connectivity index (χ1v) is 3.32. The quantitative estimate of drug-likeness (QED) is 0.527. The van der Waals surface area contributed by atoms with Crippen molar-refractivity contribution in [2.45, 2.75) is 18.9 Å². The summed E-state index contributed by atoms with van der Waals surface area (Å²) in [6.07, 6.45) is 4.60. The molecular formula is C7H7N3. The highest BCUT2D eigenvalue weighted by Gasteiger charge is 2.22. The number of hydrogen-bond donors (Lipinski definition) is 0. The van der Waals surface area contributed by atoms with Crippen molar-refractivity contribution in [2.24, 2.45) is 0 Å². The van der Waals surface area contributed by atoms with E-state index in [9.17, 15) is 0 Å². The molecule has 0 saturated heterocycles. The number of aryl methyl sites for hydroxylation is 1. The van der Waals surface area contributed by atoms with E-state index >= 15 is 0 Å². The maximum absolute atomic E-state index is 8.63. The molecule has 0 aromatic carbocycles. The van der Waals surface area contributed by atoms with Gasteiger partial charge in [0.1, 0.15) is 11.7 Å². The zero-order valence-corrected chi connectivity index (χ0v) is 5.49. The topological polar surface area (TPSA) is 41.6 Å². The highest BCUT2D eigenvalue weighted by atomic mass is 15.1. The van der Waals surface area contributed by atoms with Crippen LogP contribution in [0.5, 0.6) is 0 Å². The van der Waals surface area contributed by atoms with E-state index < -0.39 is 0 Å². The Morgan fingerprint density at radius 1 is 1.80 bits per heavy atom. The van der Waals surface area contributed by atoms with Crippen molar-refractivity contribution in [1.82, 2.24) is 9.55 Å². The van der Waals surface area contributed by atoms with Gasteiger partial charge in [-0.05, 0) is 6.42 Å². The normalized spacial score (nSPS) is 22.1. The molecule has 0 radical (unpaired) electrons. The van der Waals surface area contributed by atoms with E-state index in [2.05, 4.69) is 11.1 Å². The van der Waals surface area contributed by atoms with Crippen LogP contribution in [0.15, 0.2) is 12.4 Å². The van der Waals surface area contributed by atoms with Crippen molar-refractivity contribution in [3.8, 4) is 6.07 Å². The maximum Gasteiger partial charge on any atom is 0.126 e. The Kier molecular flexibility index (Phi) is 1.01. The van der Waals surface area contributed by atoms with Gasteiger partial charge in [-0.15, -0.1) is 0 Å². The smallest absolute Gasteiger partial charge is 0.126 e. The van der Waals surface area contributed by atoms with Gasteiger partial charge in [0.2, 0.25) is 0 Å². The number of rotatable bonds is 0. The molecule has 1 atom stereocenters. The molecule has 0 aliphatic carbocycles. The first kappa shape index (κ1) is 5.48. The second kappa shape index (κ2) is 1.84. The lowest BCUT2D eigenvalue weighted by Gasteiger charge is -1.91. The molecule has 0 saturated carbocycles. The summed E-state index contributed by atoms with van der Waals surface area (Å²) in [5.74, 6) is 0.970. The van der Waals surface area contributed by atoms with Gasteiger partial charge in [-0.1, -0.05) is 0 Å². The molecule has 1 unspecified atom stereocenters. The zero-order chi connectivity index (χ0) is 6.97. The summed E-state index contributed by atoms with van der Waals surface area (Å²) < 4.78 is 2.04. The van der Waals surface area contributed by atoms with Crippen molar-refractivity contribution in [1.29, 1.82) is 5.26 Å². The largest absolute Gasteiger partial charge is 0.334 e. The maximum atomic E-state index is 8.63. The van der Waals surface area contributed by atoms with Gasteiger partial charge in [0.15, 0.2) is 0 Å². The average molecular weight is 133 g/mol. The van der Waals surface area contributed by atoms with Gasteiger partial charge in [0, 0.05) is 18.9 Å². The van der Waals surface area contributed by atoms with Gasteiger partial charge >= 0.3 is 0 Å². The lowest BCUT2D eigenvalue weighted by Crippen LogP contribution is -1.91. The molecule has 0 amide bonds. The Bertz CT molecular complexity index is 281. The first-order valence-electron chi connectivity index (χ1n) is 3.32. The van der Waals surface area contributed by atoms with Crippen LogP contribution in [0.1, 0.15) is 18.2 Å². The molecule has 1 aromatic heterocycles. The molecular weight excluding hydrogens is 126 g/mol. The number of hydrogen-bond acceptors (Lipinski definition) is 2. The van der Waals surface area contributed by atoms with E-state index in [1.807, 2.05) is 10.8 Å². The van der Waals surface area contributed by atoms with Gasteiger partial charge in [0.05, 0.1) is 6.07 Å². The summed E-state index contributed by atoms with van der Waals surface area (Å²) in [7, 11) is 0. The average Bonchev–Trinajstić information content (AvgIpc) is 2.44. The fraction of sp³-hybridized carbons (Fsp3) is 0.429. The third kappa shape index (κ3) is 0.561. The van der Waals surface area contributed by atoms with Crippen LogP contribution < -0.4 is 0 Å². The number of nitriles is 1. The number of imidazole rings is 1. The molecule has 3 heteroatoms. The van der Waals surface area contributed by atoms with E-state index in [1.54, 1.807) is 6.20 Å². The molecule has 1 aromatic rings. The predicted octanol–water partition coefficient (Wildman–Crippen LogP) is 0.894. The second-order valence-corrected chi connectivity index (χ2v) is 2.45. The van der Waals surface area contributed by atoms with Gasteiger partial charge in [-0.25, -0.2) is 4.98 Å². The highest BCUT2D eigenvalue weighted by Crippen LogP contribution is 2.24. The van der Waals surface area contributed by atoms with Gasteiger partial charge < -0.3 is 4.57 Å². The van der Waals surface area contributed by atoms with E-state index in [1.165, 1.54) is 0 Å². The summed E-state index contributed by atoms with van der Waals surface area (Å²) in [6.45, 7) is 0.952. The third-order valence-corrected chi connectivity index (χ3v) is 1.87. The predicted molar refractivity (Wildman–Crippen MR) is 35.2 cm³/mol. The monoisotopic (exact) mass is 133 g/mol. The number of nitrogens with zero attached hydrogens (tertiary/aromatic N) is 3. The van der Waals surface area contributed by atoms with Crippen molar-refractivity contribution < 1.29 is 0 Å². The fourth-order valence-electron chi connectivity index (χ4n) is 1.34. The van der Waals surface area contributed by atoms with Crippen LogP contribution in [0.2, 0.25) is 0 Å². The fourth-order valence-corrected chi connectivity index (χ4v) is 1.34. The Balaban J connectivity index is 2.46. The molecule has 1 aliphatic heterocycles. The van der Waals surface area contributed by atoms with Crippen LogP contribution in [0, 0.1) is 11.3 Å². The molecule has 0 N–H and O–H groups in total. The lowest BCUT2D eigenvalue weighted by atomic mass is 10.1. The summed E-state index contributed by atoms with van der Waals surface area (Å²) in [5.41, 5.74) is 0. The molecule has 2 heterocycles. The highest BCUT2D eigenvalue weighted by molar-refractivity contribution is 5.13. The summed E-state index contributed by atoms with van der Waals surface area (Å²) >= 11 is 0. The minimum atomic E-state index is 0.0370. The van der Waals surface area contributed by atoms with Crippen LogP contribution >= 0.6 is 0 Å². The van der Waals surface area contributed by atoms with Crippen molar-refractivity contribution >= 4 is 0 Å². The standard InChI is InChI=1S/C7H7N3/c8-5-6-1-3-10-4-2-9-7(6)10/h2,4,6H,1,3H2. The Hall–Kier alpha value is -1.30. The molecule has 0 bridgehead atoms. The zero-order valence-electron chi connectivity index (χ0n) is 5.49. The second-order valence-electron chi connectivity index (χ2n) is 2.45. The first-order chi connectivity index (χ1) is 4.92. The van der Waals surface area contributed by atoms with Gasteiger partial charge in [-0.3, -0.25) is 0 Å². The van der Waals surface area contributed by atoms with E-state index in [-0.39, 0.29) is 5.92 Å². The van der Waals surface area contributed by atoms with Crippen LogP contribution in [-0.4, -0.2) is 9.55 Å². The SMILES string of the molecule is N#CC1CCn2ccnc21. The minimum absolute atomic E-state index is 0.0370. The number of fused-ring (bicyclic) bond motifs is 1. The van der Waals surface area contributed by atoms with Crippen LogP contribution in [0.4, 0.5) is 0 Å². The molecule has 2 rings (SSSR count). The summed E-state index contributed by atoms with van der Waals surface area (Å²) in [4.78, 5) is 4.09. The molecule has 3 nitrogen and oxygen atoms in total. The lowest BCUT2D eigenvalue weighted by molar-refractivity contribution is 0.733. The van der Waals surface area contributed by atoms with Gasteiger partial charge in [0.25, 0.3) is 0 Å².